The summed E-state index contributed by atoms with van der Waals surface area (Å²) in [6.45, 7) is 4.36. The van der Waals surface area contributed by atoms with Crippen molar-refractivity contribution >= 4 is 34.6 Å². The molecular weight excluding hydrogens is 318 g/mol. The molecular formula is C17H18ClNO2S. The topological polar surface area (TPSA) is 46.2 Å². The third-order valence-corrected chi connectivity index (χ3v) is 4.54. The van der Waals surface area contributed by atoms with Crippen molar-refractivity contribution in [3.8, 4) is 0 Å². The Morgan fingerprint density at radius 2 is 1.82 bits per heavy atom. The van der Waals surface area contributed by atoms with Crippen molar-refractivity contribution in [2.75, 3.05) is 0 Å². The maximum Gasteiger partial charge on any atom is 0.220 e. The van der Waals surface area contributed by atoms with Crippen LogP contribution >= 0.6 is 22.9 Å². The van der Waals surface area contributed by atoms with Gasteiger partial charge in [0.05, 0.1) is 0 Å². The average molecular weight is 336 g/mol. The van der Waals surface area contributed by atoms with Gasteiger partial charge in [-0.2, -0.15) is 0 Å². The molecule has 1 aromatic heterocycles. The molecule has 0 radical (unpaired) electrons. The van der Waals surface area contributed by atoms with E-state index in [0.717, 1.165) is 20.9 Å². The molecule has 0 saturated carbocycles. The van der Waals surface area contributed by atoms with Gasteiger partial charge in [-0.1, -0.05) is 23.7 Å². The third kappa shape index (κ3) is 4.68. The lowest BCUT2D eigenvalue weighted by Gasteiger charge is -2.05. The molecule has 116 valence electrons. The molecule has 0 fully saturated rings. The Morgan fingerprint density at radius 3 is 2.41 bits per heavy atom. The van der Waals surface area contributed by atoms with Gasteiger partial charge in [0.25, 0.3) is 0 Å². The van der Waals surface area contributed by atoms with E-state index in [1.807, 2.05) is 32.0 Å². The lowest BCUT2D eigenvalue weighted by molar-refractivity contribution is -0.121. The minimum Gasteiger partial charge on any atom is -0.352 e. The van der Waals surface area contributed by atoms with Crippen molar-refractivity contribution in [2.24, 2.45) is 0 Å². The van der Waals surface area contributed by atoms with E-state index in [1.54, 1.807) is 23.5 Å². The van der Waals surface area contributed by atoms with Crippen molar-refractivity contribution in [1.82, 2.24) is 5.32 Å². The minimum atomic E-state index is -0.118. The number of rotatable bonds is 6. The largest absolute Gasteiger partial charge is 0.352 e. The van der Waals surface area contributed by atoms with E-state index in [-0.39, 0.29) is 24.5 Å². The van der Waals surface area contributed by atoms with E-state index in [0.29, 0.717) is 11.6 Å². The Kier molecular flexibility index (Phi) is 5.75. The molecule has 2 aromatic rings. The molecule has 5 heteroatoms. The van der Waals surface area contributed by atoms with Crippen LogP contribution in [0.15, 0.2) is 30.3 Å². The van der Waals surface area contributed by atoms with Crippen molar-refractivity contribution in [2.45, 2.75) is 33.2 Å². The van der Waals surface area contributed by atoms with Crippen LogP contribution in [0.3, 0.4) is 0 Å². The Balaban J connectivity index is 1.79. The van der Waals surface area contributed by atoms with Crippen LogP contribution in [0.2, 0.25) is 5.02 Å². The molecule has 1 amide bonds. The highest BCUT2D eigenvalue weighted by Crippen LogP contribution is 2.22. The van der Waals surface area contributed by atoms with Gasteiger partial charge in [0.15, 0.2) is 5.78 Å². The lowest BCUT2D eigenvalue weighted by Crippen LogP contribution is -2.23. The predicted octanol–water partition coefficient (Wildman–Crippen LogP) is 4.30. The Bertz CT molecular complexity index is 676. The first-order valence-corrected chi connectivity index (χ1v) is 8.26. The summed E-state index contributed by atoms with van der Waals surface area (Å²) in [6.07, 6.45) is 0.449. The number of ketones is 1. The average Bonchev–Trinajstić information content (AvgIpc) is 2.83. The number of carbonyl (C=O) groups is 2. The summed E-state index contributed by atoms with van der Waals surface area (Å²) in [5, 5.41) is 3.48. The molecule has 22 heavy (non-hydrogen) atoms. The van der Waals surface area contributed by atoms with Crippen LogP contribution in [-0.2, 0) is 11.3 Å². The first-order chi connectivity index (χ1) is 10.5. The maximum atomic E-state index is 12.1. The smallest absolute Gasteiger partial charge is 0.220 e. The SMILES string of the molecule is Cc1cc(C(=O)CCC(=O)NCc2ccc(Cl)cc2)c(C)s1. The van der Waals surface area contributed by atoms with Crippen LogP contribution in [0.1, 0.15) is 38.5 Å². The van der Waals surface area contributed by atoms with E-state index in [2.05, 4.69) is 5.32 Å². The molecule has 0 saturated heterocycles. The summed E-state index contributed by atoms with van der Waals surface area (Å²) in [5.74, 6) is -0.0867. The first kappa shape index (κ1) is 16.7. The minimum absolute atomic E-state index is 0.0310. The zero-order valence-corrected chi connectivity index (χ0v) is 14.2. The number of benzene rings is 1. The van der Waals surface area contributed by atoms with Crippen LogP contribution in [-0.4, -0.2) is 11.7 Å². The molecule has 0 unspecified atom stereocenters. The predicted molar refractivity (Wildman–Crippen MR) is 90.7 cm³/mol. The Morgan fingerprint density at radius 1 is 1.14 bits per heavy atom. The Hall–Kier alpha value is -1.65. The van der Waals surface area contributed by atoms with Crippen molar-refractivity contribution in [3.05, 3.63) is 56.2 Å². The molecule has 0 aliphatic carbocycles. The zero-order chi connectivity index (χ0) is 16.1. The summed E-state index contributed by atoms with van der Waals surface area (Å²) in [7, 11) is 0. The fourth-order valence-electron chi connectivity index (χ4n) is 2.16. The second kappa shape index (κ2) is 7.56. The van der Waals surface area contributed by atoms with Gasteiger partial charge in [-0.05, 0) is 37.6 Å². The monoisotopic (exact) mass is 335 g/mol. The summed E-state index contributed by atoms with van der Waals surface area (Å²) < 4.78 is 0. The van der Waals surface area contributed by atoms with Crippen LogP contribution in [0.5, 0.6) is 0 Å². The fraction of sp³-hybridized carbons (Fsp3) is 0.294. The number of Topliss-reactive ketones (excluding diaryl/α,β-unsaturated/α-hetero) is 1. The quantitative estimate of drug-likeness (QED) is 0.800. The highest BCUT2D eigenvalue weighted by atomic mass is 35.5. The molecule has 0 aliphatic heterocycles. The maximum absolute atomic E-state index is 12.1. The number of thiophene rings is 1. The molecule has 1 aromatic carbocycles. The van der Waals surface area contributed by atoms with Gasteiger partial charge < -0.3 is 5.32 Å². The second-order valence-corrected chi connectivity index (χ2v) is 7.05. The molecule has 0 aliphatic rings. The molecule has 1 heterocycles. The van der Waals surface area contributed by atoms with E-state index in [1.165, 1.54) is 0 Å². The summed E-state index contributed by atoms with van der Waals surface area (Å²) >= 11 is 7.42. The molecule has 0 bridgehead atoms. The van der Waals surface area contributed by atoms with Crippen molar-refractivity contribution in [3.63, 3.8) is 0 Å². The van der Waals surface area contributed by atoms with Gasteiger partial charge in [0.1, 0.15) is 0 Å². The Labute approximate surface area is 139 Å². The number of nitrogens with one attached hydrogen (secondary N) is 1. The van der Waals surface area contributed by atoms with Crippen molar-refractivity contribution in [1.29, 1.82) is 0 Å². The highest BCUT2D eigenvalue weighted by Gasteiger charge is 2.13. The number of aryl methyl sites for hydroxylation is 2. The molecule has 0 spiro atoms. The van der Waals surface area contributed by atoms with Crippen LogP contribution in [0.4, 0.5) is 0 Å². The van der Waals surface area contributed by atoms with E-state index in [4.69, 9.17) is 11.6 Å². The van der Waals surface area contributed by atoms with Crippen LogP contribution < -0.4 is 5.32 Å². The zero-order valence-electron chi connectivity index (χ0n) is 12.6. The van der Waals surface area contributed by atoms with Gasteiger partial charge in [-0.15, -0.1) is 11.3 Å². The summed E-state index contributed by atoms with van der Waals surface area (Å²) in [6, 6.07) is 9.20. The van der Waals surface area contributed by atoms with Gasteiger partial charge in [-0.25, -0.2) is 0 Å². The van der Waals surface area contributed by atoms with E-state index in [9.17, 15) is 9.59 Å². The molecule has 0 atom stereocenters. The first-order valence-electron chi connectivity index (χ1n) is 7.07. The van der Waals surface area contributed by atoms with E-state index >= 15 is 0 Å². The fourth-order valence-corrected chi connectivity index (χ4v) is 3.23. The number of halogens is 1. The number of hydrogen-bond acceptors (Lipinski definition) is 3. The molecule has 3 nitrogen and oxygen atoms in total. The summed E-state index contributed by atoms with van der Waals surface area (Å²) in [5.41, 5.74) is 1.72. The van der Waals surface area contributed by atoms with Crippen LogP contribution in [0, 0.1) is 13.8 Å². The van der Waals surface area contributed by atoms with Gasteiger partial charge in [-0.3, -0.25) is 9.59 Å². The van der Waals surface area contributed by atoms with E-state index < -0.39 is 0 Å². The standard InChI is InChI=1S/C17H18ClNO2S/c1-11-9-15(12(2)22-11)16(20)7-8-17(21)19-10-13-3-5-14(18)6-4-13/h3-6,9H,7-8,10H2,1-2H3,(H,19,21). The number of carbonyl (C=O) groups excluding carboxylic acids is 2. The number of hydrogen-bond donors (Lipinski definition) is 1. The second-order valence-electron chi connectivity index (χ2n) is 5.15. The van der Waals surface area contributed by atoms with Crippen molar-refractivity contribution < 1.29 is 9.59 Å². The van der Waals surface area contributed by atoms with Gasteiger partial charge >= 0.3 is 0 Å². The summed E-state index contributed by atoms with van der Waals surface area (Å²) in [4.78, 5) is 26.1. The van der Waals surface area contributed by atoms with Gasteiger partial charge in [0.2, 0.25) is 5.91 Å². The molecule has 2 rings (SSSR count). The highest BCUT2D eigenvalue weighted by molar-refractivity contribution is 7.12. The van der Waals surface area contributed by atoms with Crippen LogP contribution in [0.25, 0.3) is 0 Å². The lowest BCUT2D eigenvalue weighted by atomic mass is 10.1. The molecule has 1 N–H and O–H groups in total. The van der Waals surface area contributed by atoms with Gasteiger partial charge in [0, 0.05) is 39.7 Å². The third-order valence-electron chi connectivity index (χ3n) is 3.32. The normalized spacial score (nSPS) is 10.5. The number of amides is 1.